The summed E-state index contributed by atoms with van der Waals surface area (Å²) >= 11 is 6.85. The summed E-state index contributed by atoms with van der Waals surface area (Å²) < 4.78 is 2.44. The van der Waals surface area contributed by atoms with Gasteiger partial charge < -0.3 is 0 Å². The molecule has 0 saturated carbocycles. The van der Waals surface area contributed by atoms with Gasteiger partial charge in [0.1, 0.15) is 0 Å². The molecule has 0 saturated heterocycles. The summed E-state index contributed by atoms with van der Waals surface area (Å²) in [5, 5.41) is 10.9. The van der Waals surface area contributed by atoms with Crippen LogP contribution in [0.15, 0.2) is 52.1 Å². The van der Waals surface area contributed by atoms with Gasteiger partial charge in [-0.2, -0.15) is 0 Å². The van der Waals surface area contributed by atoms with Crippen LogP contribution in [0.3, 0.4) is 0 Å². The van der Waals surface area contributed by atoms with E-state index in [1.165, 1.54) is 26.7 Å². The average Bonchev–Trinajstić information content (AvgIpc) is 3.15. The molecule has 0 unspecified atom stereocenters. The molecule has 1 aliphatic rings. The Morgan fingerprint density at radius 2 is 1.77 bits per heavy atom. The molecule has 9 heteroatoms. The van der Waals surface area contributed by atoms with Crippen molar-refractivity contribution in [3.05, 3.63) is 88.9 Å². The van der Waals surface area contributed by atoms with Crippen LogP contribution in [0, 0.1) is 10.1 Å². The zero-order valence-corrected chi connectivity index (χ0v) is 14.9. The number of hydrogen-bond acceptors (Lipinski definition) is 5. The molecule has 132 valence electrons. The van der Waals surface area contributed by atoms with E-state index in [4.69, 9.17) is 11.6 Å². The predicted octanol–water partition coefficient (Wildman–Crippen LogP) is 2.96. The van der Waals surface area contributed by atoms with E-state index in [-0.39, 0.29) is 27.3 Å². The number of aromatic nitrogens is 2. The molecule has 0 fully saturated rings. The second-order valence-electron chi connectivity index (χ2n) is 6.03. The maximum atomic E-state index is 12.8. The fraction of sp³-hybridized carbons (Fsp3) is 0.176. The molecule has 0 N–H and O–H groups in total. The van der Waals surface area contributed by atoms with Crippen LogP contribution in [-0.4, -0.2) is 13.4 Å². The molecule has 1 aromatic heterocycles. The predicted molar refractivity (Wildman–Crippen MR) is 98.7 cm³/mol. The molecule has 7 nitrogen and oxygen atoms in total. The summed E-state index contributed by atoms with van der Waals surface area (Å²) in [6.07, 6.45) is 1.24. The lowest BCUT2D eigenvalue weighted by Gasteiger charge is -2.08. The molecule has 26 heavy (non-hydrogen) atoms. The van der Waals surface area contributed by atoms with Gasteiger partial charge >= 0.3 is 10.6 Å². The highest BCUT2D eigenvalue weighted by Crippen LogP contribution is 2.29. The quantitative estimate of drug-likeness (QED) is 0.509. The number of nitro benzene ring substituents is 1. The molecule has 0 amide bonds. The minimum absolute atomic E-state index is 0.0457. The first-order chi connectivity index (χ1) is 12.5. The first-order valence-corrected chi connectivity index (χ1v) is 8.97. The van der Waals surface area contributed by atoms with Crippen molar-refractivity contribution in [2.45, 2.75) is 18.9 Å². The van der Waals surface area contributed by atoms with Gasteiger partial charge in [-0.1, -0.05) is 35.9 Å². The lowest BCUT2D eigenvalue weighted by molar-refractivity contribution is -0.384. The summed E-state index contributed by atoms with van der Waals surface area (Å²) in [5.41, 5.74) is 1.88. The van der Waals surface area contributed by atoms with E-state index in [1.807, 2.05) is 24.3 Å². The minimum Gasteiger partial charge on any atom is -0.258 e. The van der Waals surface area contributed by atoms with Crippen molar-refractivity contribution in [1.29, 1.82) is 0 Å². The van der Waals surface area contributed by atoms with Crippen molar-refractivity contribution in [3.63, 3.8) is 0 Å². The number of hydrogen-bond donors (Lipinski definition) is 0. The summed E-state index contributed by atoms with van der Waals surface area (Å²) in [6.45, 7) is 0. The summed E-state index contributed by atoms with van der Waals surface area (Å²) in [6, 6.07) is 11.4. The fourth-order valence-corrected chi connectivity index (χ4v) is 4.49. The van der Waals surface area contributed by atoms with Crippen LogP contribution in [0.4, 0.5) is 5.69 Å². The second-order valence-corrected chi connectivity index (χ2v) is 7.33. The van der Waals surface area contributed by atoms with Crippen LogP contribution in [0.5, 0.6) is 0 Å². The molecule has 1 heterocycles. The van der Waals surface area contributed by atoms with E-state index in [9.17, 15) is 19.7 Å². The van der Waals surface area contributed by atoms with Gasteiger partial charge in [-0.3, -0.25) is 14.9 Å². The van der Waals surface area contributed by atoms with E-state index < -0.39 is 10.6 Å². The average molecular weight is 390 g/mol. The van der Waals surface area contributed by atoms with Crippen LogP contribution in [0.1, 0.15) is 17.2 Å². The summed E-state index contributed by atoms with van der Waals surface area (Å²) in [7, 11) is 0. The molecule has 0 aliphatic heterocycles. The highest BCUT2D eigenvalue weighted by molar-refractivity contribution is 7.04. The highest BCUT2D eigenvalue weighted by atomic mass is 35.5. The molecule has 0 bridgehead atoms. The highest BCUT2D eigenvalue weighted by Gasteiger charge is 2.27. The van der Waals surface area contributed by atoms with Crippen molar-refractivity contribution in [2.24, 2.45) is 0 Å². The normalized spacial score (nSPS) is 13.7. The van der Waals surface area contributed by atoms with Crippen molar-refractivity contribution in [1.82, 2.24) is 8.52 Å². The van der Waals surface area contributed by atoms with Crippen molar-refractivity contribution in [2.75, 3.05) is 0 Å². The van der Waals surface area contributed by atoms with Gasteiger partial charge in [0.15, 0.2) is 0 Å². The molecule has 2 aromatic carbocycles. The second kappa shape index (κ2) is 6.22. The zero-order valence-electron chi connectivity index (χ0n) is 13.3. The molecule has 1 aliphatic carbocycles. The number of benzene rings is 2. The smallest absolute Gasteiger partial charge is 0.258 e. The van der Waals surface area contributed by atoms with Crippen LogP contribution in [0.25, 0.3) is 5.69 Å². The molecule has 4 rings (SSSR count). The summed E-state index contributed by atoms with van der Waals surface area (Å²) in [5.74, 6) is 0. The van der Waals surface area contributed by atoms with Gasteiger partial charge in [0.25, 0.3) is 5.69 Å². The lowest BCUT2D eigenvalue weighted by atomic mass is 10.1. The number of nitrogens with zero attached hydrogens (tertiary/aromatic N) is 3. The first-order valence-electron chi connectivity index (χ1n) is 7.81. The Morgan fingerprint density at radius 3 is 2.35 bits per heavy atom. The SMILES string of the molecule is O=c1sn(-c2ccc([N+](=O)[O-])cc2Cl)c(=O)n1C1Cc2ccccc2C1. The molecule has 0 radical (unpaired) electrons. The fourth-order valence-electron chi connectivity index (χ4n) is 3.29. The Bertz CT molecular complexity index is 1120. The van der Waals surface area contributed by atoms with Crippen LogP contribution >= 0.6 is 23.1 Å². The third kappa shape index (κ3) is 2.67. The molecule has 3 aromatic rings. The minimum atomic E-state index is -0.568. The third-order valence-corrected chi connectivity index (χ3v) is 5.69. The maximum absolute atomic E-state index is 12.8. The van der Waals surface area contributed by atoms with Gasteiger partial charge in [-0.25, -0.2) is 13.3 Å². The van der Waals surface area contributed by atoms with E-state index >= 15 is 0 Å². The molecule has 0 atom stereocenters. The standard InChI is InChI=1S/C17H12ClN3O4S/c18-14-9-12(21(24)25)5-6-15(14)20-16(22)19(17(23)26-20)13-7-10-3-1-2-4-11(10)8-13/h1-6,9,13H,7-8H2. The number of non-ortho nitro benzene ring substituents is 1. The van der Waals surface area contributed by atoms with E-state index in [1.54, 1.807) is 0 Å². The van der Waals surface area contributed by atoms with Crippen molar-refractivity contribution >= 4 is 28.8 Å². The van der Waals surface area contributed by atoms with Gasteiger partial charge in [0, 0.05) is 23.7 Å². The number of nitro groups is 1. The van der Waals surface area contributed by atoms with Gasteiger partial charge in [-0.15, -0.1) is 0 Å². The van der Waals surface area contributed by atoms with Gasteiger partial charge in [0.2, 0.25) is 0 Å². The maximum Gasteiger partial charge on any atom is 0.346 e. The van der Waals surface area contributed by atoms with Gasteiger partial charge in [-0.05, 0) is 30.0 Å². The monoisotopic (exact) mass is 389 g/mol. The Labute approximate surface area is 156 Å². The Morgan fingerprint density at radius 1 is 1.12 bits per heavy atom. The Kier molecular flexibility index (Phi) is 4.01. The number of rotatable bonds is 3. The first kappa shape index (κ1) is 16.7. The largest absolute Gasteiger partial charge is 0.346 e. The summed E-state index contributed by atoms with van der Waals surface area (Å²) in [4.78, 5) is 35.2. The third-order valence-electron chi connectivity index (χ3n) is 4.50. The van der Waals surface area contributed by atoms with Crippen LogP contribution in [0.2, 0.25) is 5.02 Å². The number of halogens is 1. The van der Waals surface area contributed by atoms with Crippen LogP contribution < -0.4 is 10.6 Å². The zero-order chi connectivity index (χ0) is 18.4. The van der Waals surface area contributed by atoms with Crippen molar-refractivity contribution in [3.8, 4) is 5.69 Å². The Hall–Kier alpha value is -2.71. The van der Waals surface area contributed by atoms with E-state index in [0.717, 1.165) is 22.7 Å². The number of fused-ring (bicyclic) bond motifs is 1. The van der Waals surface area contributed by atoms with E-state index in [0.29, 0.717) is 12.8 Å². The lowest BCUT2D eigenvalue weighted by Crippen LogP contribution is -2.32. The molecular weight excluding hydrogens is 378 g/mol. The van der Waals surface area contributed by atoms with E-state index in [2.05, 4.69) is 0 Å². The molecule has 0 spiro atoms. The Balaban J connectivity index is 1.76. The topological polar surface area (TPSA) is 87.1 Å². The van der Waals surface area contributed by atoms with Crippen molar-refractivity contribution < 1.29 is 4.92 Å². The molecular formula is C17H12ClN3O4S. The van der Waals surface area contributed by atoms with Gasteiger partial charge in [0.05, 0.1) is 21.7 Å². The van der Waals surface area contributed by atoms with Crippen LogP contribution in [-0.2, 0) is 12.8 Å².